The zero-order chi connectivity index (χ0) is 37.0. The van der Waals surface area contributed by atoms with Crippen molar-refractivity contribution in [3.05, 3.63) is 188 Å². The van der Waals surface area contributed by atoms with E-state index in [-0.39, 0.29) is 0 Å². The van der Waals surface area contributed by atoms with Crippen LogP contribution in [0, 0.1) is 0 Å². The fraction of sp³-hybridized carbons (Fsp3) is 0. The highest BCUT2D eigenvalue weighted by Crippen LogP contribution is 2.44. The standard InChI is InChI=1S/C51H31N3OS/c1-3-13-32(14-4-1)34-17-11-18-36(29-34)50-52-49(33-15-5-2-6-16-33)53-51(54-50)37-25-27-42-47(31-37)56-46-24-12-22-41(48(42)46)39-20-8-7-19-38(39)35-26-28-45-43(30-35)40-21-9-10-23-44(40)55-45/h1-31H. The Balaban J connectivity index is 1.04. The van der Waals surface area contributed by atoms with Crippen molar-refractivity contribution >= 4 is 53.4 Å². The third-order valence-corrected chi connectivity index (χ3v) is 11.7. The van der Waals surface area contributed by atoms with Crippen LogP contribution in [0.2, 0.25) is 0 Å². The second kappa shape index (κ2) is 13.3. The Morgan fingerprint density at radius 1 is 0.321 bits per heavy atom. The summed E-state index contributed by atoms with van der Waals surface area (Å²) in [5, 5.41) is 4.72. The van der Waals surface area contributed by atoms with Crippen molar-refractivity contribution < 1.29 is 4.42 Å². The van der Waals surface area contributed by atoms with Gasteiger partial charge < -0.3 is 4.42 Å². The van der Waals surface area contributed by atoms with Gasteiger partial charge in [0.05, 0.1) is 0 Å². The number of benzene rings is 8. The van der Waals surface area contributed by atoms with E-state index in [0.29, 0.717) is 17.5 Å². The van der Waals surface area contributed by atoms with Crippen LogP contribution in [0.3, 0.4) is 0 Å². The summed E-state index contributed by atoms with van der Waals surface area (Å²) >= 11 is 1.80. The lowest BCUT2D eigenvalue weighted by atomic mass is 9.91. The Morgan fingerprint density at radius 2 is 0.911 bits per heavy atom. The molecular formula is C51H31N3OS. The van der Waals surface area contributed by atoms with Crippen molar-refractivity contribution in [2.75, 3.05) is 0 Å². The van der Waals surface area contributed by atoms with Gasteiger partial charge in [-0.15, -0.1) is 11.3 Å². The quantitative estimate of drug-likeness (QED) is 0.171. The largest absolute Gasteiger partial charge is 0.456 e. The third-order valence-electron chi connectivity index (χ3n) is 10.6. The lowest BCUT2D eigenvalue weighted by Gasteiger charge is -2.12. The SMILES string of the molecule is c1ccc(-c2cccc(-c3nc(-c4ccccc4)nc(-c4ccc5c(c4)sc4cccc(-c6ccccc6-c6ccc7oc8ccccc8c7c6)c45)n3)c2)cc1. The lowest BCUT2D eigenvalue weighted by molar-refractivity contribution is 0.669. The second-order valence-corrected chi connectivity index (χ2v) is 15.0. The van der Waals surface area contributed by atoms with E-state index in [1.54, 1.807) is 11.3 Å². The van der Waals surface area contributed by atoms with E-state index >= 15 is 0 Å². The number of fused-ring (bicyclic) bond motifs is 6. The summed E-state index contributed by atoms with van der Waals surface area (Å²) in [5.74, 6) is 1.93. The molecule has 8 aromatic carbocycles. The topological polar surface area (TPSA) is 51.8 Å². The maximum Gasteiger partial charge on any atom is 0.164 e. The summed E-state index contributed by atoms with van der Waals surface area (Å²) < 4.78 is 8.58. The first kappa shape index (κ1) is 32.2. The first-order valence-corrected chi connectivity index (χ1v) is 19.5. The van der Waals surface area contributed by atoms with E-state index in [9.17, 15) is 0 Å². The normalized spacial score (nSPS) is 11.6. The molecule has 0 aliphatic heterocycles. The fourth-order valence-electron chi connectivity index (χ4n) is 7.87. The summed E-state index contributed by atoms with van der Waals surface area (Å²) in [6.07, 6.45) is 0. The summed E-state index contributed by atoms with van der Waals surface area (Å²) in [6.45, 7) is 0. The smallest absolute Gasteiger partial charge is 0.164 e. The molecule has 0 aliphatic carbocycles. The third kappa shape index (κ3) is 5.56. The first-order chi connectivity index (χ1) is 27.7. The minimum Gasteiger partial charge on any atom is -0.456 e. The molecule has 0 aliphatic rings. The Morgan fingerprint density at radius 3 is 1.73 bits per heavy atom. The molecule has 0 amide bonds. The van der Waals surface area contributed by atoms with Crippen LogP contribution in [0.4, 0.5) is 0 Å². The molecule has 3 heterocycles. The molecular weight excluding hydrogens is 703 g/mol. The van der Waals surface area contributed by atoms with Gasteiger partial charge in [-0.2, -0.15) is 0 Å². The van der Waals surface area contributed by atoms with E-state index in [1.165, 1.54) is 36.9 Å². The van der Waals surface area contributed by atoms with E-state index in [4.69, 9.17) is 19.4 Å². The van der Waals surface area contributed by atoms with Crippen molar-refractivity contribution in [1.29, 1.82) is 0 Å². The van der Waals surface area contributed by atoms with Gasteiger partial charge in [0.2, 0.25) is 0 Å². The van der Waals surface area contributed by atoms with Gasteiger partial charge in [0.1, 0.15) is 11.2 Å². The number of thiophene rings is 1. The van der Waals surface area contributed by atoms with Crippen LogP contribution >= 0.6 is 11.3 Å². The van der Waals surface area contributed by atoms with Crippen LogP contribution in [0.5, 0.6) is 0 Å². The number of hydrogen-bond donors (Lipinski definition) is 0. The zero-order valence-electron chi connectivity index (χ0n) is 30.1. The molecule has 4 nitrogen and oxygen atoms in total. The summed E-state index contributed by atoms with van der Waals surface area (Å²) in [5.41, 5.74) is 11.7. The van der Waals surface area contributed by atoms with E-state index < -0.39 is 0 Å². The van der Waals surface area contributed by atoms with Crippen LogP contribution in [0.15, 0.2) is 192 Å². The predicted octanol–water partition coefficient (Wildman–Crippen LogP) is 14.1. The van der Waals surface area contributed by atoms with Gasteiger partial charge >= 0.3 is 0 Å². The number of aromatic nitrogens is 3. The minimum absolute atomic E-state index is 0.642. The first-order valence-electron chi connectivity index (χ1n) is 18.7. The molecule has 0 radical (unpaired) electrons. The monoisotopic (exact) mass is 733 g/mol. The number of para-hydroxylation sites is 1. The lowest BCUT2D eigenvalue weighted by Crippen LogP contribution is -2.00. The van der Waals surface area contributed by atoms with Gasteiger partial charge in [0.25, 0.3) is 0 Å². The number of nitrogens with zero attached hydrogens (tertiary/aromatic N) is 3. The van der Waals surface area contributed by atoms with Gasteiger partial charge in [-0.05, 0) is 69.8 Å². The highest BCUT2D eigenvalue weighted by atomic mass is 32.1. The van der Waals surface area contributed by atoms with Crippen molar-refractivity contribution in [2.45, 2.75) is 0 Å². The van der Waals surface area contributed by atoms with E-state index in [0.717, 1.165) is 55.3 Å². The molecule has 0 saturated heterocycles. The predicted molar refractivity (Wildman–Crippen MR) is 233 cm³/mol. The van der Waals surface area contributed by atoms with Crippen LogP contribution in [0.1, 0.15) is 0 Å². The molecule has 11 rings (SSSR count). The molecule has 56 heavy (non-hydrogen) atoms. The van der Waals surface area contributed by atoms with E-state index in [1.807, 2.05) is 48.5 Å². The van der Waals surface area contributed by atoms with Crippen molar-refractivity contribution in [3.63, 3.8) is 0 Å². The molecule has 11 aromatic rings. The Labute approximate surface area is 327 Å². The molecule has 5 heteroatoms. The average Bonchev–Trinajstić information content (AvgIpc) is 3.85. The van der Waals surface area contributed by atoms with Crippen molar-refractivity contribution in [1.82, 2.24) is 15.0 Å². The Kier molecular flexibility index (Phi) is 7.64. The molecule has 0 N–H and O–H groups in total. The molecule has 0 atom stereocenters. The van der Waals surface area contributed by atoms with Crippen LogP contribution in [-0.2, 0) is 0 Å². The second-order valence-electron chi connectivity index (χ2n) is 14.0. The molecule has 0 unspecified atom stereocenters. The maximum absolute atomic E-state index is 6.16. The Bertz CT molecular complexity index is 3260. The van der Waals surface area contributed by atoms with Crippen LogP contribution in [-0.4, -0.2) is 15.0 Å². The summed E-state index contributed by atoms with van der Waals surface area (Å²) in [4.78, 5) is 15.2. The number of rotatable bonds is 6. The maximum atomic E-state index is 6.16. The van der Waals surface area contributed by atoms with Gasteiger partial charge in [-0.25, -0.2) is 15.0 Å². The number of hydrogen-bond acceptors (Lipinski definition) is 5. The number of furan rings is 1. The summed E-state index contributed by atoms with van der Waals surface area (Å²) in [6, 6.07) is 65.8. The molecule has 0 saturated carbocycles. The minimum atomic E-state index is 0.642. The molecule has 262 valence electrons. The average molecular weight is 734 g/mol. The van der Waals surface area contributed by atoms with Gasteiger partial charge in [-0.3, -0.25) is 0 Å². The van der Waals surface area contributed by atoms with Crippen LogP contribution < -0.4 is 0 Å². The highest BCUT2D eigenvalue weighted by molar-refractivity contribution is 7.26. The van der Waals surface area contributed by atoms with Gasteiger partial charge in [0, 0.05) is 47.6 Å². The molecule has 0 fully saturated rings. The molecule has 0 spiro atoms. The van der Waals surface area contributed by atoms with Crippen molar-refractivity contribution in [2.24, 2.45) is 0 Å². The Hall–Kier alpha value is -7.21. The zero-order valence-corrected chi connectivity index (χ0v) is 30.9. The van der Waals surface area contributed by atoms with Crippen LogP contribution in [0.25, 0.3) is 110 Å². The van der Waals surface area contributed by atoms with E-state index in [2.05, 4.69) is 140 Å². The van der Waals surface area contributed by atoms with Crippen molar-refractivity contribution in [3.8, 4) is 67.5 Å². The fourth-order valence-corrected chi connectivity index (χ4v) is 9.04. The van der Waals surface area contributed by atoms with Gasteiger partial charge in [0.15, 0.2) is 17.5 Å². The molecule has 3 aromatic heterocycles. The van der Waals surface area contributed by atoms with Gasteiger partial charge in [-0.1, -0.05) is 152 Å². The summed E-state index contributed by atoms with van der Waals surface area (Å²) in [7, 11) is 0. The highest BCUT2D eigenvalue weighted by Gasteiger charge is 2.18. The molecule has 0 bridgehead atoms.